The van der Waals surface area contributed by atoms with Crippen molar-refractivity contribution >= 4 is 29.3 Å². The van der Waals surface area contributed by atoms with Crippen LogP contribution in [-0.4, -0.2) is 62.5 Å². The van der Waals surface area contributed by atoms with Crippen LogP contribution in [0.3, 0.4) is 0 Å². The largest absolute Gasteiger partial charge is 0.469 e. The van der Waals surface area contributed by atoms with Crippen LogP contribution in [0.2, 0.25) is 0 Å². The smallest absolute Gasteiger partial charge is 0.337 e. The molecule has 8 heteroatoms. The minimum Gasteiger partial charge on any atom is -0.469 e. The van der Waals surface area contributed by atoms with Gasteiger partial charge in [-0.1, -0.05) is 65.0 Å². The maximum Gasteiger partial charge on any atom is 0.337 e. The highest BCUT2D eigenvalue weighted by molar-refractivity contribution is 5.90. The highest BCUT2D eigenvalue weighted by Crippen LogP contribution is 2.77. The Labute approximate surface area is 336 Å². The summed E-state index contributed by atoms with van der Waals surface area (Å²) in [5, 5.41) is 3.32. The first-order valence-electron chi connectivity index (χ1n) is 21.7. The number of rotatable bonds is 8. The van der Waals surface area contributed by atoms with E-state index in [0.29, 0.717) is 61.7 Å². The number of ether oxygens (including phenoxy) is 2. The number of hydrogen-bond acceptors (Lipinski definition) is 6. The SMILES string of the molecule is C=C(C)[C@@H]1CC[C@]2(C(=O)NCCC(=O)N3CCC(C(=O)OC)CC3)CC[C@]3(C)[C@H](CC[C@@H]4[C@@]5(C)CC=C(c6ccc(C(=O)OC)cc6)C(C)(C)[C@@H]5CC[C@]43C)[C@@H]12. The molecule has 0 bridgehead atoms. The molecule has 5 aliphatic carbocycles. The fraction of sp³-hybridized carbons (Fsp3) is 0.708. The number of allylic oxidation sites excluding steroid dienone is 3. The van der Waals surface area contributed by atoms with Gasteiger partial charge in [0.1, 0.15) is 0 Å². The first kappa shape index (κ1) is 40.8. The van der Waals surface area contributed by atoms with Gasteiger partial charge in [-0.2, -0.15) is 0 Å². The maximum atomic E-state index is 14.6. The minimum absolute atomic E-state index is 0.0178. The summed E-state index contributed by atoms with van der Waals surface area (Å²) in [6, 6.07) is 7.99. The third-order valence-corrected chi connectivity index (χ3v) is 17.7. The van der Waals surface area contributed by atoms with Crippen LogP contribution in [0.1, 0.15) is 135 Å². The van der Waals surface area contributed by atoms with Crippen molar-refractivity contribution in [3.8, 4) is 0 Å². The van der Waals surface area contributed by atoms with Gasteiger partial charge in [0.2, 0.25) is 11.8 Å². The molecule has 1 aromatic carbocycles. The third-order valence-electron chi connectivity index (χ3n) is 17.7. The van der Waals surface area contributed by atoms with Crippen LogP contribution in [0, 0.1) is 62.6 Å². The van der Waals surface area contributed by atoms with E-state index in [1.165, 1.54) is 50.2 Å². The number of nitrogens with zero attached hydrogens (tertiary/aromatic N) is 1. The van der Waals surface area contributed by atoms with Crippen LogP contribution in [0.4, 0.5) is 0 Å². The Kier molecular flexibility index (Phi) is 10.7. The summed E-state index contributed by atoms with van der Waals surface area (Å²) in [6.45, 7) is 20.9. The van der Waals surface area contributed by atoms with Crippen molar-refractivity contribution in [2.45, 2.75) is 119 Å². The molecule has 7 rings (SSSR count). The topological polar surface area (TPSA) is 102 Å². The van der Waals surface area contributed by atoms with Gasteiger partial charge in [-0.25, -0.2) is 4.79 Å². The van der Waals surface area contributed by atoms with Crippen molar-refractivity contribution < 1.29 is 28.7 Å². The number of likely N-dealkylation sites (tertiary alicyclic amines) is 1. The molecular formula is C48H68N2O6. The second-order valence-electron chi connectivity index (χ2n) is 20.1. The van der Waals surface area contributed by atoms with E-state index in [1.54, 1.807) is 0 Å². The van der Waals surface area contributed by atoms with Gasteiger partial charge in [0.15, 0.2) is 0 Å². The molecule has 2 amide bonds. The number of carbonyl (C=O) groups excluding carboxylic acids is 4. The Balaban J connectivity index is 1.09. The van der Waals surface area contributed by atoms with Gasteiger partial charge in [-0.3, -0.25) is 14.4 Å². The number of amides is 2. The second-order valence-corrected chi connectivity index (χ2v) is 20.1. The second kappa shape index (κ2) is 14.8. The van der Waals surface area contributed by atoms with E-state index in [-0.39, 0.29) is 63.7 Å². The fourth-order valence-corrected chi connectivity index (χ4v) is 14.7. The number of piperidine rings is 1. The molecule has 0 radical (unpaired) electrons. The lowest BCUT2D eigenvalue weighted by molar-refractivity contribution is -0.225. The van der Waals surface area contributed by atoms with Crippen LogP contribution < -0.4 is 5.32 Å². The number of nitrogens with one attached hydrogen (secondary N) is 1. The van der Waals surface area contributed by atoms with E-state index in [2.05, 4.69) is 71.6 Å². The molecule has 4 saturated carbocycles. The van der Waals surface area contributed by atoms with Crippen molar-refractivity contribution in [1.29, 1.82) is 0 Å². The average molecular weight is 769 g/mol. The van der Waals surface area contributed by atoms with Crippen LogP contribution in [-0.2, 0) is 23.9 Å². The first-order chi connectivity index (χ1) is 26.5. The Morgan fingerprint density at radius 1 is 0.821 bits per heavy atom. The summed E-state index contributed by atoms with van der Waals surface area (Å²) in [6.07, 6.45) is 13.7. The lowest BCUT2D eigenvalue weighted by Crippen LogP contribution is -2.66. The Morgan fingerprint density at radius 3 is 2.16 bits per heavy atom. The molecule has 1 heterocycles. The van der Waals surface area contributed by atoms with E-state index in [9.17, 15) is 19.2 Å². The number of benzene rings is 1. The summed E-state index contributed by atoms with van der Waals surface area (Å²) in [5.41, 5.74) is 4.39. The molecule has 306 valence electrons. The first-order valence-corrected chi connectivity index (χ1v) is 21.7. The molecule has 6 aliphatic rings. The van der Waals surface area contributed by atoms with Crippen molar-refractivity contribution in [3.63, 3.8) is 0 Å². The van der Waals surface area contributed by atoms with Crippen LogP contribution in [0.15, 0.2) is 42.5 Å². The van der Waals surface area contributed by atoms with E-state index >= 15 is 0 Å². The fourth-order valence-electron chi connectivity index (χ4n) is 14.7. The van der Waals surface area contributed by atoms with Crippen LogP contribution in [0.5, 0.6) is 0 Å². The van der Waals surface area contributed by atoms with Crippen molar-refractivity contribution in [3.05, 3.63) is 53.6 Å². The van der Waals surface area contributed by atoms with Gasteiger partial charge >= 0.3 is 11.9 Å². The molecular weight excluding hydrogens is 701 g/mol. The quantitative estimate of drug-likeness (QED) is 0.209. The zero-order valence-electron chi connectivity index (χ0n) is 35.6. The summed E-state index contributed by atoms with van der Waals surface area (Å²) in [7, 11) is 2.85. The van der Waals surface area contributed by atoms with E-state index in [0.717, 1.165) is 38.5 Å². The summed E-state index contributed by atoms with van der Waals surface area (Å²) >= 11 is 0. The third kappa shape index (κ3) is 6.20. The number of carbonyl (C=O) groups is 4. The molecule has 56 heavy (non-hydrogen) atoms. The molecule has 0 aromatic heterocycles. The number of esters is 2. The summed E-state index contributed by atoms with van der Waals surface area (Å²) in [4.78, 5) is 53.8. The molecule has 1 saturated heterocycles. The molecule has 1 aliphatic heterocycles. The zero-order chi connectivity index (χ0) is 40.4. The molecule has 5 fully saturated rings. The van der Waals surface area contributed by atoms with Gasteiger partial charge in [0, 0.05) is 26.1 Å². The average Bonchev–Trinajstić information content (AvgIpc) is 3.59. The highest BCUT2D eigenvalue weighted by atomic mass is 16.5. The molecule has 0 spiro atoms. The molecule has 0 unspecified atom stereocenters. The minimum atomic E-state index is -0.423. The lowest BCUT2D eigenvalue weighted by Gasteiger charge is -2.72. The van der Waals surface area contributed by atoms with E-state index in [4.69, 9.17) is 9.47 Å². The van der Waals surface area contributed by atoms with Crippen molar-refractivity contribution in [2.75, 3.05) is 33.9 Å². The van der Waals surface area contributed by atoms with Gasteiger partial charge in [-0.05, 0) is 152 Å². The molecule has 9 atom stereocenters. The van der Waals surface area contributed by atoms with Crippen LogP contribution >= 0.6 is 0 Å². The predicted molar refractivity (Wildman–Crippen MR) is 219 cm³/mol. The summed E-state index contributed by atoms with van der Waals surface area (Å²) in [5.74, 6) is 1.73. The molecule has 8 nitrogen and oxygen atoms in total. The van der Waals surface area contributed by atoms with E-state index in [1.807, 2.05) is 17.0 Å². The Bertz CT molecular complexity index is 1770. The predicted octanol–water partition coefficient (Wildman–Crippen LogP) is 9.04. The highest BCUT2D eigenvalue weighted by Gasteiger charge is 2.71. The molecule has 1 aromatic rings. The Hall–Kier alpha value is -3.42. The van der Waals surface area contributed by atoms with Crippen molar-refractivity contribution in [2.24, 2.45) is 62.6 Å². The van der Waals surface area contributed by atoms with Gasteiger partial charge in [-0.15, -0.1) is 0 Å². The standard InChI is InChI=1S/C48H68N2O6/c1-30(2)34-16-24-48(43(54)49-27-19-39(51)50-28-20-33(21-29-50)42(53)56-9)26-25-46(6)36(40(34)48)14-15-38-45(5)22-17-35(31-10-12-32(13-11-31)41(52)55-8)44(3,4)37(45)18-23-47(38,46)7/h10-13,17,33-34,36-38,40H,1,14-16,18-29H2,2-9H3,(H,49,54)/t34-,36+,37-,38+,40+,45-,46+,47+,48-/m0/s1. The maximum absolute atomic E-state index is 14.6. The monoisotopic (exact) mass is 769 g/mol. The van der Waals surface area contributed by atoms with Gasteiger partial charge in [0.05, 0.1) is 31.1 Å². The van der Waals surface area contributed by atoms with Gasteiger partial charge < -0.3 is 19.7 Å². The van der Waals surface area contributed by atoms with Gasteiger partial charge in [0.25, 0.3) is 0 Å². The number of methoxy groups -OCH3 is 2. The van der Waals surface area contributed by atoms with Crippen molar-refractivity contribution in [1.82, 2.24) is 10.2 Å². The number of hydrogen-bond donors (Lipinski definition) is 1. The van der Waals surface area contributed by atoms with E-state index < -0.39 is 5.41 Å². The lowest BCUT2D eigenvalue weighted by atomic mass is 9.32. The van der Waals surface area contributed by atoms with Crippen LogP contribution in [0.25, 0.3) is 5.57 Å². The summed E-state index contributed by atoms with van der Waals surface area (Å²) < 4.78 is 9.88. The Morgan fingerprint density at radius 2 is 1.52 bits per heavy atom. The normalized spacial score (nSPS) is 37.5. The molecule has 1 N–H and O–H groups in total. The number of fused-ring (bicyclic) bond motifs is 7. The zero-order valence-corrected chi connectivity index (χ0v) is 35.6.